The van der Waals surface area contributed by atoms with Gasteiger partial charge in [0.25, 0.3) is 0 Å². The third kappa shape index (κ3) is 1.54. The van der Waals surface area contributed by atoms with Gasteiger partial charge in [0.2, 0.25) is 0 Å². The Balaban J connectivity index is 2.19. The molecule has 3 N–H and O–H groups in total. The van der Waals surface area contributed by atoms with E-state index in [1.807, 2.05) is 24.3 Å². The van der Waals surface area contributed by atoms with Crippen LogP contribution in [0.4, 0.5) is 0 Å². The number of rotatable bonds is 3. The molecule has 0 spiro atoms. The van der Waals surface area contributed by atoms with Crippen LogP contribution in [0.2, 0.25) is 5.02 Å². The molecule has 14 heavy (non-hydrogen) atoms. The molecule has 1 aliphatic carbocycles. The van der Waals surface area contributed by atoms with Gasteiger partial charge in [0, 0.05) is 17.0 Å². The van der Waals surface area contributed by atoms with Gasteiger partial charge in [0.05, 0.1) is 6.61 Å². The highest BCUT2D eigenvalue weighted by atomic mass is 35.5. The molecule has 1 fully saturated rings. The average molecular weight is 212 g/mol. The van der Waals surface area contributed by atoms with Gasteiger partial charge >= 0.3 is 0 Å². The van der Waals surface area contributed by atoms with Crippen LogP contribution >= 0.6 is 11.6 Å². The van der Waals surface area contributed by atoms with E-state index in [-0.39, 0.29) is 12.0 Å². The van der Waals surface area contributed by atoms with Gasteiger partial charge in [-0.25, -0.2) is 0 Å². The zero-order chi connectivity index (χ0) is 10.2. The SMILES string of the molecule is NC[C@]1(CO)C[C@@H]1c1cccc(Cl)c1. The molecule has 0 radical (unpaired) electrons. The van der Waals surface area contributed by atoms with Crippen LogP contribution in [0.15, 0.2) is 24.3 Å². The molecule has 2 atom stereocenters. The second-order valence-corrected chi connectivity index (χ2v) is 4.47. The molecule has 0 unspecified atom stereocenters. The minimum atomic E-state index is -0.0787. The van der Waals surface area contributed by atoms with E-state index in [0.29, 0.717) is 12.5 Å². The summed E-state index contributed by atoms with van der Waals surface area (Å²) < 4.78 is 0. The van der Waals surface area contributed by atoms with Gasteiger partial charge in [-0.15, -0.1) is 0 Å². The summed E-state index contributed by atoms with van der Waals surface area (Å²) in [5, 5.41) is 9.99. The molecule has 1 saturated carbocycles. The molecule has 0 bridgehead atoms. The number of hydrogen-bond acceptors (Lipinski definition) is 2. The summed E-state index contributed by atoms with van der Waals surface area (Å²) in [6.07, 6.45) is 0.973. The monoisotopic (exact) mass is 211 g/mol. The van der Waals surface area contributed by atoms with Crippen LogP contribution in [0, 0.1) is 5.41 Å². The van der Waals surface area contributed by atoms with Crippen LogP contribution in [-0.2, 0) is 0 Å². The standard InChI is InChI=1S/C11H14ClNO/c12-9-3-1-2-8(4-9)10-5-11(10,6-13)7-14/h1-4,10,14H,5-7,13H2/t10-,11+/m1/s1. The maximum Gasteiger partial charge on any atom is 0.0505 e. The Morgan fingerprint density at radius 1 is 1.57 bits per heavy atom. The van der Waals surface area contributed by atoms with Crippen molar-refractivity contribution in [2.24, 2.45) is 11.1 Å². The zero-order valence-corrected chi connectivity index (χ0v) is 8.67. The molecule has 1 aliphatic rings. The molecule has 1 aromatic carbocycles. The first-order chi connectivity index (χ1) is 6.72. The van der Waals surface area contributed by atoms with Crippen molar-refractivity contribution in [3.63, 3.8) is 0 Å². The minimum Gasteiger partial charge on any atom is -0.396 e. The van der Waals surface area contributed by atoms with Gasteiger partial charge in [-0.1, -0.05) is 23.7 Å². The second-order valence-electron chi connectivity index (χ2n) is 4.04. The van der Waals surface area contributed by atoms with Gasteiger partial charge in [-0.05, 0) is 30.0 Å². The van der Waals surface area contributed by atoms with Crippen LogP contribution < -0.4 is 5.73 Å². The molecule has 0 saturated heterocycles. The van der Waals surface area contributed by atoms with Gasteiger partial charge in [0.1, 0.15) is 0 Å². The van der Waals surface area contributed by atoms with Crippen molar-refractivity contribution in [1.29, 1.82) is 0 Å². The molecule has 0 amide bonds. The lowest BCUT2D eigenvalue weighted by Gasteiger charge is -2.10. The summed E-state index contributed by atoms with van der Waals surface area (Å²) in [6, 6.07) is 7.80. The van der Waals surface area contributed by atoms with Crippen LogP contribution in [-0.4, -0.2) is 18.3 Å². The summed E-state index contributed by atoms with van der Waals surface area (Å²) in [6.45, 7) is 0.710. The summed E-state index contributed by atoms with van der Waals surface area (Å²) in [5.74, 6) is 0.385. The Morgan fingerprint density at radius 2 is 2.36 bits per heavy atom. The van der Waals surface area contributed by atoms with Gasteiger partial charge in [0.15, 0.2) is 0 Å². The van der Waals surface area contributed by atoms with Crippen LogP contribution in [0.5, 0.6) is 0 Å². The summed E-state index contributed by atoms with van der Waals surface area (Å²) >= 11 is 5.90. The first-order valence-electron chi connectivity index (χ1n) is 4.78. The van der Waals surface area contributed by atoms with E-state index >= 15 is 0 Å². The number of hydrogen-bond donors (Lipinski definition) is 2. The van der Waals surface area contributed by atoms with E-state index in [1.54, 1.807) is 0 Å². The third-order valence-electron chi connectivity index (χ3n) is 3.16. The number of nitrogens with two attached hydrogens (primary N) is 1. The van der Waals surface area contributed by atoms with E-state index in [1.165, 1.54) is 5.56 Å². The molecule has 2 rings (SSSR count). The van der Waals surface area contributed by atoms with E-state index in [2.05, 4.69) is 0 Å². The fraction of sp³-hybridized carbons (Fsp3) is 0.455. The molecule has 0 aromatic heterocycles. The lowest BCUT2D eigenvalue weighted by molar-refractivity contribution is 0.211. The van der Waals surface area contributed by atoms with Crippen molar-refractivity contribution < 1.29 is 5.11 Å². The summed E-state index contributed by atoms with van der Waals surface area (Å²) in [4.78, 5) is 0. The Hall–Kier alpha value is -0.570. The molecule has 1 aromatic rings. The van der Waals surface area contributed by atoms with E-state index < -0.39 is 0 Å². The van der Waals surface area contributed by atoms with Crippen molar-refractivity contribution in [2.75, 3.05) is 13.2 Å². The number of benzene rings is 1. The maximum absolute atomic E-state index is 9.24. The first kappa shape index (κ1) is 9.97. The van der Waals surface area contributed by atoms with Crippen LogP contribution in [0.1, 0.15) is 17.9 Å². The molecule has 0 aliphatic heterocycles. The lowest BCUT2D eigenvalue weighted by atomic mass is 10.0. The largest absolute Gasteiger partial charge is 0.396 e. The first-order valence-corrected chi connectivity index (χ1v) is 5.16. The van der Waals surface area contributed by atoms with E-state index in [0.717, 1.165) is 11.4 Å². The van der Waals surface area contributed by atoms with Crippen molar-refractivity contribution in [3.05, 3.63) is 34.9 Å². The van der Waals surface area contributed by atoms with Gasteiger partial charge in [-0.3, -0.25) is 0 Å². The normalized spacial score (nSPS) is 30.4. The second kappa shape index (κ2) is 3.54. The maximum atomic E-state index is 9.24. The summed E-state index contributed by atoms with van der Waals surface area (Å²) in [7, 11) is 0. The van der Waals surface area contributed by atoms with Crippen molar-refractivity contribution in [2.45, 2.75) is 12.3 Å². The minimum absolute atomic E-state index is 0.0787. The highest BCUT2D eigenvalue weighted by Crippen LogP contribution is 2.58. The van der Waals surface area contributed by atoms with E-state index in [9.17, 15) is 5.11 Å². The van der Waals surface area contributed by atoms with Gasteiger partial charge in [-0.2, -0.15) is 0 Å². The molecular weight excluding hydrogens is 198 g/mol. The number of halogens is 1. The predicted octanol–water partition coefficient (Wildman–Crippen LogP) is 1.76. The quantitative estimate of drug-likeness (QED) is 0.801. The Bertz CT molecular complexity index is 336. The van der Waals surface area contributed by atoms with E-state index in [4.69, 9.17) is 17.3 Å². The van der Waals surface area contributed by atoms with Crippen molar-refractivity contribution >= 4 is 11.6 Å². The topological polar surface area (TPSA) is 46.2 Å². The Kier molecular flexibility index (Phi) is 2.52. The fourth-order valence-corrected chi connectivity index (χ4v) is 2.21. The highest BCUT2D eigenvalue weighted by molar-refractivity contribution is 6.30. The van der Waals surface area contributed by atoms with Crippen LogP contribution in [0.25, 0.3) is 0 Å². The molecule has 2 nitrogen and oxygen atoms in total. The molecule has 76 valence electrons. The lowest BCUT2D eigenvalue weighted by Crippen LogP contribution is -2.21. The predicted molar refractivity (Wildman–Crippen MR) is 57.4 cm³/mol. The van der Waals surface area contributed by atoms with Crippen molar-refractivity contribution in [3.8, 4) is 0 Å². The average Bonchev–Trinajstić information content (AvgIpc) is 2.93. The van der Waals surface area contributed by atoms with Crippen molar-refractivity contribution in [1.82, 2.24) is 0 Å². The van der Waals surface area contributed by atoms with Gasteiger partial charge < -0.3 is 10.8 Å². The smallest absolute Gasteiger partial charge is 0.0505 e. The Labute approximate surface area is 88.7 Å². The third-order valence-corrected chi connectivity index (χ3v) is 3.40. The fourth-order valence-electron chi connectivity index (χ4n) is 2.01. The number of aliphatic hydroxyl groups excluding tert-OH is 1. The molecule has 3 heteroatoms. The zero-order valence-electron chi connectivity index (χ0n) is 7.91. The number of aliphatic hydroxyl groups is 1. The Morgan fingerprint density at radius 3 is 2.86 bits per heavy atom. The molecule has 0 heterocycles. The van der Waals surface area contributed by atoms with Crippen LogP contribution in [0.3, 0.4) is 0 Å². The molecular formula is C11H14ClNO. The summed E-state index contributed by atoms with van der Waals surface area (Å²) in [5.41, 5.74) is 6.77. The highest BCUT2D eigenvalue weighted by Gasteiger charge is 2.53.